The number of anilines is 1. The molecule has 0 unspecified atom stereocenters. The van der Waals surface area contributed by atoms with Crippen molar-refractivity contribution < 1.29 is 4.79 Å². The van der Waals surface area contributed by atoms with Crippen LogP contribution in [0.25, 0.3) is 0 Å². The zero-order chi connectivity index (χ0) is 14.7. The highest BCUT2D eigenvalue weighted by atomic mass is 16.1. The zero-order valence-corrected chi connectivity index (χ0v) is 12.2. The largest absolute Gasteiger partial charge is 0.309 e. The third kappa shape index (κ3) is 3.01. The monoisotopic (exact) mass is 273 g/mol. The second kappa shape index (κ2) is 5.81. The molecular formula is C14H19N5O. The van der Waals surface area contributed by atoms with Crippen molar-refractivity contribution in [1.29, 1.82) is 0 Å². The van der Waals surface area contributed by atoms with Crippen molar-refractivity contribution in [2.75, 3.05) is 5.32 Å². The zero-order valence-electron chi connectivity index (χ0n) is 12.2. The van der Waals surface area contributed by atoms with Crippen molar-refractivity contribution >= 4 is 11.7 Å². The molecule has 1 amide bonds. The molecular weight excluding hydrogens is 254 g/mol. The molecule has 0 saturated heterocycles. The minimum absolute atomic E-state index is 0.0619. The third-order valence-electron chi connectivity index (χ3n) is 3.43. The van der Waals surface area contributed by atoms with Gasteiger partial charge in [-0.05, 0) is 25.8 Å². The van der Waals surface area contributed by atoms with Crippen LogP contribution in [0.2, 0.25) is 0 Å². The van der Waals surface area contributed by atoms with Gasteiger partial charge in [0, 0.05) is 31.1 Å². The van der Waals surface area contributed by atoms with Crippen LogP contribution in [0.4, 0.5) is 5.82 Å². The maximum Gasteiger partial charge on any atom is 0.228 e. The van der Waals surface area contributed by atoms with Gasteiger partial charge >= 0.3 is 0 Å². The van der Waals surface area contributed by atoms with E-state index in [0.717, 1.165) is 17.0 Å². The minimum Gasteiger partial charge on any atom is -0.309 e. The van der Waals surface area contributed by atoms with E-state index in [4.69, 9.17) is 0 Å². The Morgan fingerprint density at radius 1 is 1.40 bits per heavy atom. The summed E-state index contributed by atoms with van der Waals surface area (Å²) in [5.74, 6) is 0.260. The lowest BCUT2D eigenvalue weighted by atomic mass is 9.99. The van der Waals surface area contributed by atoms with Crippen LogP contribution in [0.15, 0.2) is 18.6 Å². The van der Waals surface area contributed by atoms with Gasteiger partial charge in [0.1, 0.15) is 0 Å². The van der Waals surface area contributed by atoms with Gasteiger partial charge in [0.05, 0.1) is 11.9 Å². The van der Waals surface area contributed by atoms with Crippen LogP contribution in [-0.4, -0.2) is 25.7 Å². The van der Waals surface area contributed by atoms with E-state index in [1.165, 1.54) is 6.20 Å². The SMILES string of the molecule is Cc1nn(C)c(C)c1C[C@@H](C)C(=O)Nc1cnccn1. The molecule has 0 fully saturated rings. The molecule has 6 heteroatoms. The van der Waals surface area contributed by atoms with E-state index in [2.05, 4.69) is 20.4 Å². The van der Waals surface area contributed by atoms with Gasteiger partial charge in [0.15, 0.2) is 5.82 Å². The number of aromatic nitrogens is 4. The molecule has 2 rings (SSSR count). The van der Waals surface area contributed by atoms with E-state index in [-0.39, 0.29) is 11.8 Å². The Labute approximate surface area is 118 Å². The summed E-state index contributed by atoms with van der Waals surface area (Å²) in [4.78, 5) is 20.1. The van der Waals surface area contributed by atoms with E-state index in [1.54, 1.807) is 12.4 Å². The van der Waals surface area contributed by atoms with Crippen LogP contribution in [-0.2, 0) is 18.3 Å². The van der Waals surface area contributed by atoms with Crippen molar-refractivity contribution in [3.05, 3.63) is 35.5 Å². The number of nitrogens with one attached hydrogen (secondary N) is 1. The van der Waals surface area contributed by atoms with Crippen LogP contribution >= 0.6 is 0 Å². The maximum absolute atomic E-state index is 12.1. The number of carbonyl (C=O) groups excluding carboxylic acids is 1. The summed E-state index contributed by atoms with van der Waals surface area (Å²) < 4.78 is 1.85. The Balaban J connectivity index is 2.04. The molecule has 0 aliphatic carbocycles. The molecule has 106 valence electrons. The smallest absolute Gasteiger partial charge is 0.228 e. The predicted octanol–water partition coefficient (Wildman–Crippen LogP) is 1.64. The molecule has 0 aliphatic rings. The maximum atomic E-state index is 12.1. The normalized spacial score (nSPS) is 12.2. The Bertz CT molecular complexity index is 606. The highest BCUT2D eigenvalue weighted by Gasteiger charge is 2.18. The molecule has 0 aliphatic heterocycles. The van der Waals surface area contributed by atoms with E-state index < -0.39 is 0 Å². The number of nitrogens with zero attached hydrogens (tertiary/aromatic N) is 4. The number of aryl methyl sites for hydroxylation is 2. The third-order valence-corrected chi connectivity index (χ3v) is 3.43. The number of hydrogen-bond donors (Lipinski definition) is 1. The van der Waals surface area contributed by atoms with Gasteiger partial charge < -0.3 is 5.32 Å². The van der Waals surface area contributed by atoms with Gasteiger partial charge in [0.2, 0.25) is 5.91 Å². The molecule has 1 N–H and O–H groups in total. The quantitative estimate of drug-likeness (QED) is 0.919. The molecule has 0 aromatic carbocycles. The van der Waals surface area contributed by atoms with Crippen LogP contribution in [0, 0.1) is 19.8 Å². The summed E-state index contributed by atoms with van der Waals surface area (Å²) in [5, 5.41) is 7.14. The topological polar surface area (TPSA) is 72.7 Å². The summed E-state index contributed by atoms with van der Waals surface area (Å²) in [6.45, 7) is 5.88. The summed E-state index contributed by atoms with van der Waals surface area (Å²) in [6, 6.07) is 0. The molecule has 0 saturated carbocycles. The lowest BCUT2D eigenvalue weighted by Gasteiger charge is -2.11. The van der Waals surface area contributed by atoms with Gasteiger partial charge in [-0.3, -0.25) is 14.5 Å². The first-order valence-electron chi connectivity index (χ1n) is 6.55. The standard InChI is InChI=1S/C14H19N5O/c1-9(7-12-10(2)18-19(4)11(12)3)14(20)17-13-8-15-5-6-16-13/h5-6,8-9H,7H2,1-4H3,(H,16,17,20)/t9-/m1/s1. The second-order valence-corrected chi connectivity index (χ2v) is 4.96. The highest BCUT2D eigenvalue weighted by molar-refractivity contribution is 5.91. The highest BCUT2D eigenvalue weighted by Crippen LogP contribution is 2.17. The Morgan fingerprint density at radius 3 is 2.70 bits per heavy atom. The van der Waals surface area contributed by atoms with E-state index >= 15 is 0 Å². The first-order chi connectivity index (χ1) is 9.49. The van der Waals surface area contributed by atoms with Gasteiger partial charge in [-0.15, -0.1) is 0 Å². The van der Waals surface area contributed by atoms with Crippen molar-refractivity contribution in [1.82, 2.24) is 19.7 Å². The molecule has 1 atom stereocenters. The number of hydrogen-bond acceptors (Lipinski definition) is 4. The van der Waals surface area contributed by atoms with Gasteiger partial charge in [-0.2, -0.15) is 5.10 Å². The van der Waals surface area contributed by atoms with Crippen LogP contribution in [0.1, 0.15) is 23.9 Å². The first kappa shape index (κ1) is 14.2. The molecule has 6 nitrogen and oxygen atoms in total. The summed E-state index contributed by atoms with van der Waals surface area (Å²) in [5.41, 5.74) is 3.21. The molecule has 20 heavy (non-hydrogen) atoms. The van der Waals surface area contributed by atoms with Crippen molar-refractivity contribution in [3.63, 3.8) is 0 Å². The Morgan fingerprint density at radius 2 is 2.15 bits per heavy atom. The summed E-state index contributed by atoms with van der Waals surface area (Å²) in [7, 11) is 1.91. The summed E-state index contributed by atoms with van der Waals surface area (Å²) in [6.07, 6.45) is 5.32. The Kier molecular flexibility index (Phi) is 4.12. The van der Waals surface area contributed by atoms with Crippen molar-refractivity contribution in [3.8, 4) is 0 Å². The average molecular weight is 273 g/mol. The van der Waals surface area contributed by atoms with Gasteiger partial charge in [-0.25, -0.2) is 4.98 Å². The number of amides is 1. The van der Waals surface area contributed by atoms with Crippen LogP contribution in [0.5, 0.6) is 0 Å². The van der Waals surface area contributed by atoms with Crippen LogP contribution < -0.4 is 5.32 Å². The fraction of sp³-hybridized carbons (Fsp3) is 0.429. The lowest BCUT2D eigenvalue weighted by Crippen LogP contribution is -2.23. The fourth-order valence-electron chi connectivity index (χ4n) is 2.12. The molecule has 2 aromatic rings. The fourth-order valence-corrected chi connectivity index (χ4v) is 2.12. The molecule has 2 aromatic heterocycles. The number of carbonyl (C=O) groups is 1. The van der Waals surface area contributed by atoms with Crippen LogP contribution in [0.3, 0.4) is 0 Å². The van der Waals surface area contributed by atoms with Gasteiger partial charge in [-0.1, -0.05) is 6.92 Å². The van der Waals surface area contributed by atoms with E-state index in [9.17, 15) is 4.79 Å². The second-order valence-electron chi connectivity index (χ2n) is 4.96. The first-order valence-corrected chi connectivity index (χ1v) is 6.55. The van der Waals surface area contributed by atoms with E-state index in [0.29, 0.717) is 12.2 Å². The van der Waals surface area contributed by atoms with Gasteiger partial charge in [0.25, 0.3) is 0 Å². The van der Waals surface area contributed by atoms with Crippen molar-refractivity contribution in [2.24, 2.45) is 13.0 Å². The predicted molar refractivity (Wildman–Crippen MR) is 76.2 cm³/mol. The molecule has 2 heterocycles. The molecule has 0 bridgehead atoms. The summed E-state index contributed by atoms with van der Waals surface area (Å²) >= 11 is 0. The van der Waals surface area contributed by atoms with E-state index in [1.807, 2.05) is 32.5 Å². The number of rotatable bonds is 4. The average Bonchev–Trinajstić information content (AvgIpc) is 2.66. The lowest BCUT2D eigenvalue weighted by molar-refractivity contribution is -0.119. The Hall–Kier alpha value is -2.24. The molecule has 0 spiro atoms. The minimum atomic E-state index is -0.154. The molecule has 0 radical (unpaired) electrons. The van der Waals surface area contributed by atoms with Crippen molar-refractivity contribution in [2.45, 2.75) is 27.2 Å².